The van der Waals surface area contributed by atoms with Crippen LogP contribution in [-0.2, 0) is 0 Å². The van der Waals surface area contributed by atoms with Crippen molar-refractivity contribution in [2.45, 2.75) is 26.7 Å². The summed E-state index contributed by atoms with van der Waals surface area (Å²) in [4.78, 5) is 15.6. The number of hydrogen-bond acceptors (Lipinski definition) is 3. The Kier molecular flexibility index (Phi) is 4.00. The molecule has 0 atom stereocenters. The first-order valence-electron chi connectivity index (χ1n) is 6.39. The van der Waals surface area contributed by atoms with Gasteiger partial charge >= 0.3 is 5.97 Å². The maximum Gasteiger partial charge on any atom is 0.336 e. The molecule has 1 aromatic carbocycles. The summed E-state index contributed by atoms with van der Waals surface area (Å²) in [5.74, 6) is -0.254. The minimum absolute atomic E-state index is 0.267. The molecule has 2 rings (SSSR count). The Morgan fingerprint density at radius 2 is 2.16 bits per heavy atom. The second-order valence-corrected chi connectivity index (χ2v) is 4.50. The molecule has 0 radical (unpaired) electrons. The summed E-state index contributed by atoms with van der Waals surface area (Å²) in [6.07, 6.45) is 2.05. The van der Waals surface area contributed by atoms with Crippen molar-refractivity contribution in [2.24, 2.45) is 0 Å². The number of ether oxygens (including phenoxy) is 1. The van der Waals surface area contributed by atoms with Crippen molar-refractivity contribution in [2.75, 3.05) is 6.61 Å². The van der Waals surface area contributed by atoms with E-state index in [9.17, 15) is 9.90 Å². The quantitative estimate of drug-likeness (QED) is 0.836. The van der Waals surface area contributed by atoms with Crippen LogP contribution in [0.15, 0.2) is 24.3 Å². The Morgan fingerprint density at radius 1 is 1.37 bits per heavy atom. The van der Waals surface area contributed by atoms with E-state index < -0.39 is 5.97 Å². The topological polar surface area (TPSA) is 59.4 Å². The van der Waals surface area contributed by atoms with Crippen LogP contribution in [0.5, 0.6) is 5.75 Å². The van der Waals surface area contributed by atoms with E-state index in [1.807, 2.05) is 6.07 Å². The van der Waals surface area contributed by atoms with Gasteiger partial charge < -0.3 is 9.84 Å². The number of rotatable bonds is 5. The van der Waals surface area contributed by atoms with Crippen molar-refractivity contribution < 1.29 is 14.6 Å². The lowest BCUT2D eigenvalue weighted by Gasteiger charge is -2.08. The van der Waals surface area contributed by atoms with E-state index >= 15 is 0 Å². The van der Waals surface area contributed by atoms with Gasteiger partial charge in [-0.25, -0.2) is 4.79 Å². The number of fused-ring (bicyclic) bond motifs is 1. The van der Waals surface area contributed by atoms with Gasteiger partial charge in [-0.15, -0.1) is 0 Å². The van der Waals surface area contributed by atoms with E-state index in [0.717, 1.165) is 12.8 Å². The van der Waals surface area contributed by atoms with Crippen molar-refractivity contribution in [1.82, 2.24) is 4.98 Å². The van der Waals surface area contributed by atoms with Crippen molar-refractivity contribution in [3.8, 4) is 5.75 Å². The Bertz CT molecular complexity index is 608. The van der Waals surface area contributed by atoms with Gasteiger partial charge in [0.2, 0.25) is 0 Å². The molecule has 0 fully saturated rings. The summed E-state index contributed by atoms with van der Waals surface area (Å²) in [5, 5.41) is 9.86. The lowest BCUT2D eigenvalue weighted by Crippen LogP contribution is -2.01. The number of carbonyl (C=O) groups is 1. The first-order chi connectivity index (χ1) is 9.11. The smallest absolute Gasteiger partial charge is 0.336 e. The lowest BCUT2D eigenvalue weighted by atomic mass is 10.1. The number of carboxylic acid groups (broad SMARTS) is 1. The monoisotopic (exact) mass is 259 g/mol. The van der Waals surface area contributed by atoms with Gasteiger partial charge in [-0.2, -0.15) is 0 Å². The maximum absolute atomic E-state index is 11.3. The summed E-state index contributed by atoms with van der Waals surface area (Å²) in [6.45, 7) is 4.53. The Labute approximate surface area is 112 Å². The predicted octanol–water partition coefficient (Wildman–Crippen LogP) is 3.42. The minimum atomic E-state index is -0.943. The Hall–Kier alpha value is -2.10. The Morgan fingerprint density at radius 3 is 2.84 bits per heavy atom. The number of aryl methyl sites for hydroxylation is 1. The van der Waals surface area contributed by atoms with Crippen LogP contribution in [-0.4, -0.2) is 22.7 Å². The fourth-order valence-corrected chi connectivity index (χ4v) is 1.94. The largest absolute Gasteiger partial charge is 0.494 e. The van der Waals surface area contributed by atoms with Crippen LogP contribution in [0.2, 0.25) is 0 Å². The van der Waals surface area contributed by atoms with Crippen molar-refractivity contribution in [3.63, 3.8) is 0 Å². The molecule has 19 heavy (non-hydrogen) atoms. The molecule has 1 aromatic heterocycles. The van der Waals surface area contributed by atoms with Crippen molar-refractivity contribution in [3.05, 3.63) is 35.5 Å². The minimum Gasteiger partial charge on any atom is -0.494 e. The summed E-state index contributed by atoms with van der Waals surface area (Å²) >= 11 is 0. The molecular weight excluding hydrogens is 242 g/mol. The molecule has 4 heteroatoms. The lowest BCUT2D eigenvalue weighted by molar-refractivity contribution is 0.0699. The summed E-state index contributed by atoms with van der Waals surface area (Å²) in [5.41, 5.74) is 1.65. The molecule has 0 aliphatic rings. The van der Waals surface area contributed by atoms with Crippen LogP contribution in [0.25, 0.3) is 10.9 Å². The molecule has 0 bridgehead atoms. The molecule has 100 valence electrons. The number of unbranched alkanes of at least 4 members (excludes halogenated alkanes) is 1. The molecule has 0 aliphatic carbocycles. The number of hydrogen-bond donors (Lipinski definition) is 1. The van der Waals surface area contributed by atoms with Crippen LogP contribution >= 0.6 is 0 Å². The highest BCUT2D eigenvalue weighted by molar-refractivity contribution is 6.02. The average Bonchev–Trinajstić information content (AvgIpc) is 2.38. The SMILES string of the molecule is CCCCOc1ccc2nc(C)cc(C(=O)O)c2c1. The van der Waals surface area contributed by atoms with E-state index in [1.165, 1.54) is 0 Å². The van der Waals surface area contributed by atoms with E-state index in [2.05, 4.69) is 11.9 Å². The number of aromatic nitrogens is 1. The number of nitrogens with zero attached hydrogens (tertiary/aromatic N) is 1. The standard InChI is InChI=1S/C15H17NO3/c1-3-4-7-19-11-5-6-14-12(9-11)13(15(17)18)8-10(2)16-14/h5-6,8-9H,3-4,7H2,1-2H3,(H,17,18). The highest BCUT2D eigenvalue weighted by Gasteiger charge is 2.11. The van der Waals surface area contributed by atoms with Gasteiger partial charge in [0.1, 0.15) is 5.75 Å². The molecular formula is C15H17NO3. The van der Waals surface area contributed by atoms with Gasteiger partial charge in [0, 0.05) is 11.1 Å². The molecule has 0 spiro atoms. The number of benzene rings is 1. The highest BCUT2D eigenvalue weighted by atomic mass is 16.5. The maximum atomic E-state index is 11.3. The van der Waals surface area contributed by atoms with Gasteiger partial charge in [-0.3, -0.25) is 4.98 Å². The van der Waals surface area contributed by atoms with Crippen LogP contribution in [0, 0.1) is 6.92 Å². The van der Waals surface area contributed by atoms with Crippen LogP contribution in [0.4, 0.5) is 0 Å². The van der Waals surface area contributed by atoms with E-state index in [0.29, 0.717) is 29.0 Å². The molecule has 1 heterocycles. The van der Waals surface area contributed by atoms with Gasteiger partial charge in [-0.1, -0.05) is 13.3 Å². The van der Waals surface area contributed by atoms with Gasteiger partial charge in [0.05, 0.1) is 17.7 Å². The summed E-state index contributed by atoms with van der Waals surface area (Å²) in [7, 11) is 0. The van der Waals surface area contributed by atoms with Gasteiger partial charge in [0.15, 0.2) is 0 Å². The molecule has 0 amide bonds. The third-order valence-electron chi connectivity index (χ3n) is 2.91. The highest BCUT2D eigenvalue weighted by Crippen LogP contribution is 2.24. The van der Waals surface area contributed by atoms with Gasteiger partial charge in [0.25, 0.3) is 0 Å². The third-order valence-corrected chi connectivity index (χ3v) is 2.91. The van der Waals surface area contributed by atoms with Crippen LogP contribution in [0.3, 0.4) is 0 Å². The second-order valence-electron chi connectivity index (χ2n) is 4.50. The molecule has 4 nitrogen and oxygen atoms in total. The normalized spacial score (nSPS) is 10.6. The average molecular weight is 259 g/mol. The van der Waals surface area contributed by atoms with E-state index in [1.54, 1.807) is 25.1 Å². The molecule has 0 saturated carbocycles. The first-order valence-corrected chi connectivity index (χ1v) is 6.39. The fraction of sp³-hybridized carbons (Fsp3) is 0.333. The zero-order valence-electron chi connectivity index (χ0n) is 11.1. The van der Waals surface area contributed by atoms with Crippen molar-refractivity contribution >= 4 is 16.9 Å². The summed E-state index contributed by atoms with van der Waals surface area (Å²) < 4.78 is 5.60. The number of pyridine rings is 1. The molecule has 0 aliphatic heterocycles. The molecule has 1 N–H and O–H groups in total. The van der Waals surface area contributed by atoms with E-state index in [4.69, 9.17) is 4.74 Å². The predicted molar refractivity (Wildman–Crippen MR) is 73.8 cm³/mol. The van der Waals surface area contributed by atoms with Crippen LogP contribution < -0.4 is 4.74 Å². The van der Waals surface area contributed by atoms with Crippen molar-refractivity contribution in [1.29, 1.82) is 0 Å². The first kappa shape index (κ1) is 13.3. The second kappa shape index (κ2) is 5.69. The number of aromatic carboxylic acids is 1. The Balaban J connectivity index is 2.42. The summed E-state index contributed by atoms with van der Waals surface area (Å²) in [6, 6.07) is 6.97. The van der Waals surface area contributed by atoms with E-state index in [-0.39, 0.29) is 5.56 Å². The zero-order valence-corrected chi connectivity index (χ0v) is 11.1. The van der Waals surface area contributed by atoms with Gasteiger partial charge in [-0.05, 0) is 37.6 Å². The fourth-order valence-electron chi connectivity index (χ4n) is 1.94. The molecule has 2 aromatic rings. The molecule has 0 saturated heterocycles. The number of carboxylic acids is 1. The molecule has 0 unspecified atom stereocenters. The van der Waals surface area contributed by atoms with Crippen LogP contribution in [0.1, 0.15) is 35.8 Å². The zero-order chi connectivity index (χ0) is 13.8. The third kappa shape index (κ3) is 3.02.